The van der Waals surface area contributed by atoms with Gasteiger partial charge in [0.2, 0.25) is 15.9 Å². The molecule has 0 N–H and O–H groups in total. The van der Waals surface area contributed by atoms with Gasteiger partial charge in [-0.2, -0.15) is 4.31 Å². The van der Waals surface area contributed by atoms with Gasteiger partial charge in [0.1, 0.15) is 0 Å². The zero-order valence-electron chi connectivity index (χ0n) is 16.8. The van der Waals surface area contributed by atoms with E-state index in [4.69, 9.17) is 4.74 Å². The molecule has 2 aliphatic rings. The van der Waals surface area contributed by atoms with Gasteiger partial charge in [-0.05, 0) is 38.4 Å². The van der Waals surface area contributed by atoms with Crippen LogP contribution in [-0.2, 0) is 24.3 Å². The number of likely N-dealkylation sites (tertiary alicyclic amines) is 1. The quantitative estimate of drug-likeness (QED) is 0.629. The van der Waals surface area contributed by atoms with E-state index in [0.29, 0.717) is 26.2 Å². The van der Waals surface area contributed by atoms with Crippen LogP contribution in [0.1, 0.15) is 19.8 Å². The molecule has 9 heteroatoms. The van der Waals surface area contributed by atoms with Gasteiger partial charge in [0.15, 0.2) is 0 Å². The molecule has 1 amide bonds. The standard InChI is InChI=1S/C20H29N3O5S/c1-2-28-20(25)17-7-6-10-21(15-17)16-19(24)22-11-13-23(14-12-22)29(26,27)18-8-4-3-5-9-18/h3-5,8-9,17H,2,6-7,10-16H2,1H3/t17-/m0/s1. The molecule has 2 fully saturated rings. The molecule has 0 radical (unpaired) electrons. The number of amides is 1. The third-order valence-electron chi connectivity index (χ3n) is 5.46. The van der Waals surface area contributed by atoms with Crippen molar-refractivity contribution in [3.05, 3.63) is 30.3 Å². The average molecular weight is 424 g/mol. The number of piperidine rings is 1. The molecular weight excluding hydrogens is 394 g/mol. The fourth-order valence-corrected chi connectivity index (χ4v) is 5.31. The van der Waals surface area contributed by atoms with Crippen molar-refractivity contribution in [3.63, 3.8) is 0 Å². The maximum absolute atomic E-state index is 12.7. The fourth-order valence-electron chi connectivity index (χ4n) is 3.86. The number of hydrogen-bond acceptors (Lipinski definition) is 6. The number of rotatable bonds is 6. The Morgan fingerprint density at radius 2 is 1.76 bits per heavy atom. The van der Waals surface area contributed by atoms with E-state index in [1.807, 2.05) is 4.90 Å². The molecule has 8 nitrogen and oxygen atoms in total. The molecule has 0 aromatic heterocycles. The van der Waals surface area contributed by atoms with E-state index in [1.165, 1.54) is 4.31 Å². The summed E-state index contributed by atoms with van der Waals surface area (Å²) in [6.45, 7) is 5.05. The summed E-state index contributed by atoms with van der Waals surface area (Å²) in [4.78, 5) is 28.7. The highest BCUT2D eigenvalue weighted by molar-refractivity contribution is 7.89. The predicted octanol–water partition coefficient (Wildman–Crippen LogP) is 0.795. The zero-order chi connectivity index (χ0) is 20.9. The molecule has 0 unspecified atom stereocenters. The van der Waals surface area contributed by atoms with Gasteiger partial charge in [-0.3, -0.25) is 14.5 Å². The zero-order valence-corrected chi connectivity index (χ0v) is 17.6. The first-order chi connectivity index (χ1) is 13.9. The largest absolute Gasteiger partial charge is 0.466 e. The Bertz CT molecular complexity index is 807. The smallest absolute Gasteiger partial charge is 0.310 e. The van der Waals surface area contributed by atoms with E-state index in [-0.39, 0.29) is 42.3 Å². The molecule has 2 heterocycles. The lowest BCUT2D eigenvalue weighted by molar-refractivity contribution is -0.150. The van der Waals surface area contributed by atoms with Gasteiger partial charge in [0, 0.05) is 32.7 Å². The van der Waals surface area contributed by atoms with Crippen molar-refractivity contribution >= 4 is 21.9 Å². The number of nitrogens with zero attached hydrogens (tertiary/aromatic N) is 3. The summed E-state index contributed by atoms with van der Waals surface area (Å²) in [7, 11) is -3.53. The van der Waals surface area contributed by atoms with Gasteiger partial charge >= 0.3 is 5.97 Å². The number of ether oxygens (including phenoxy) is 1. The van der Waals surface area contributed by atoms with Gasteiger partial charge in [0.25, 0.3) is 0 Å². The second kappa shape index (κ2) is 9.69. The molecule has 1 aromatic carbocycles. The van der Waals surface area contributed by atoms with Crippen molar-refractivity contribution in [1.82, 2.24) is 14.1 Å². The molecule has 0 saturated carbocycles. The van der Waals surface area contributed by atoms with Crippen molar-refractivity contribution in [3.8, 4) is 0 Å². The second-order valence-corrected chi connectivity index (χ2v) is 9.36. The lowest BCUT2D eigenvalue weighted by Crippen LogP contribution is -2.53. The van der Waals surface area contributed by atoms with E-state index >= 15 is 0 Å². The van der Waals surface area contributed by atoms with Crippen LogP contribution < -0.4 is 0 Å². The molecule has 0 bridgehead atoms. The second-order valence-electron chi connectivity index (χ2n) is 7.42. The minimum absolute atomic E-state index is 0.0220. The van der Waals surface area contributed by atoms with Crippen LogP contribution in [0.15, 0.2) is 35.2 Å². The number of benzene rings is 1. The molecule has 0 spiro atoms. The van der Waals surface area contributed by atoms with Gasteiger partial charge in [0.05, 0.1) is 24.0 Å². The summed E-state index contributed by atoms with van der Waals surface area (Å²) in [5, 5.41) is 0. The number of carbonyl (C=O) groups is 2. The van der Waals surface area contributed by atoms with Crippen LogP contribution in [0.3, 0.4) is 0 Å². The van der Waals surface area contributed by atoms with Crippen LogP contribution in [0.5, 0.6) is 0 Å². The molecule has 2 saturated heterocycles. The summed E-state index contributed by atoms with van der Waals surface area (Å²) in [5.74, 6) is -0.389. The van der Waals surface area contributed by atoms with Crippen molar-refractivity contribution in [2.75, 3.05) is 52.4 Å². The first kappa shape index (κ1) is 21.7. The number of sulfonamides is 1. The lowest BCUT2D eigenvalue weighted by Gasteiger charge is -2.36. The molecule has 160 valence electrons. The Labute approximate surface area is 172 Å². The molecule has 0 aliphatic carbocycles. The van der Waals surface area contributed by atoms with E-state index < -0.39 is 10.0 Å². The summed E-state index contributed by atoms with van der Waals surface area (Å²) in [6.07, 6.45) is 1.65. The van der Waals surface area contributed by atoms with E-state index in [1.54, 1.807) is 42.2 Å². The van der Waals surface area contributed by atoms with E-state index in [9.17, 15) is 18.0 Å². The molecule has 1 atom stereocenters. The molecule has 29 heavy (non-hydrogen) atoms. The van der Waals surface area contributed by atoms with Gasteiger partial charge in [-0.15, -0.1) is 0 Å². The fraction of sp³-hybridized carbons (Fsp3) is 0.600. The van der Waals surface area contributed by atoms with Gasteiger partial charge < -0.3 is 9.64 Å². The number of esters is 1. The van der Waals surface area contributed by atoms with E-state index in [0.717, 1.165) is 19.4 Å². The van der Waals surface area contributed by atoms with Crippen LogP contribution in [0.4, 0.5) is 0 Å². The predicted molar refractivity (Wildman–Crippen MR) is 108 cm³/mol. The number of piperazine rings is 1. The van der Waals surface area contributed by atoms with Crippen LogP contribution >= 0.6 is 0 Å². The van der Waals surface area contributed by atoms with E-state index in [2.05, 4.69) is 0 Å². The van der Waals surface area contributed by atoms with Crippen molar-refractivity contribution < 1.29 is 22.7 Å². The summed E-state index contributed by atoms with van der Waals surface area (Å²) >= 11 is 0. The normalized spacial score (nSPS) is 21.7. The topological polar surface area (TPSA) is 87.2 Å². The monoisotopic (exact) mass is 423 g/mol. The molecular formula is C20H29N3O5S. The van der Waals surface area contributed by atoms with Crippen LogP contribution in [-0.4, -0.2) is 86.8 Å². The Kier molecular flexibility index (Phi) is 7.26. The SMILES string of the molecule is CCOC(=O)[C@H]1CCCN(CC(=O)N2CCN(S(=O)(=O)c3ccccc3)CC2)C1. The van der Waals surface area contributed by atoms with Crippen LogP contribution in [0.25, 0.3) is 0 Å². The highest BCUT2D eigenvalue weighted by atomic mass is 32.2. The number of hydrogen-bond donors (Lipinski definition) is 0. The molecule has 2 aliphatic heterocycles. The minimum Gasteiger partial charge on any atom is -0.466 e. The van der Waals surface area contributed by atoms with Gasteiger partial charge in [-0.1, -0.05) is 18.2 Å². The molecule has 1 aromatic rings. The van der Waals surface area contributed by atoms with Crippen molar-refractivity contribution in [2.24, 2.45) is 5.92 Å². The maximum Gasteiger partial charge on any atom is 0.310 e. The summed E-state index contributed by atoms with van der Waals surface area (Å²) < 4.78 is 32.0. The first-order valence-electron chi connectivity index (χ1n) is 10.1. The maximum atomic E-state index is 12.7. The lowest BCUT2D eigenvalue weighted by atomic mass is 9.98. The van der Waals surface area contributed by atoms with Crippen molar-refractivity contribution in [1.29, 1.82) is 0 Å². The van der Waals surface area contributed by atoms with Crippen LogP contribution in [0, 0.1) is 5.92 Å². The Hall–Kier alpha value is -1.97. The number of carbonyl (C=O) groups excluding carboxylic acids is 2. The first-order valence-corrected chi connectivity index (χ1v) is 11.6. The Morgan fingerprint density at radius 3 is 2.41 bits per heavy atom. The van der Waals surface area contributed by atoms with Crippen LogP contribution in [0.2, 0.25) is 0 Å². The third kappa shape index (κ3) is 5.34. The summed E-state index contributed by atoms with van der Waals surface area (Å²) in [6, 6.07) is 8.36. The third-order valence-corrected chi connectivity index (χ3v) is 7.37. The van der Waals surface area contributed by atoms with Gasteiger partial charge in [-0.25, -0.2) is 8.42 Å². The average Bonchev–Trinajstić information content (AvgIpc) is 2.75. The molecule has 3 rings (SSSR count). The Morgan fingerprint density at radius 1 is 1.07 bits per heavy atom. The minimum atomic E-state index is -3.53. The Balaban J connectivity index is 1.51. The highest BCUT2D eigenvalue weighted by Gasteiger charge is 2.32. The van der Waals surface area contributed by atoms with Crippen molar-refractivity contribution in [2.45, 2.75) is 24.7 Å². The summed E-state index contributed by atoms with van der Waals surface area (Å²) in [5.41, 5.74) is 0. The highest BCUT2D eigenvalue weighted by Crippen LogP contribution is 2.19.